The van der Waals surface area contributed by atoms with Gasteiger partial charge in [-0.3, -0.25) is 10.1 Å². The van der Waals surface area contributed by atoms with E-state index in [0.717, 1.165) is 20.3 Å². The zero-order chi connectivity index (χ0) is 14.6. The normalized spacial score (nSPS) is 11.4. The van der Waals surface area contributed by atoms with Crippen molar-refractivity contribution in [2.24, 2.45) is 5.73 Å². The SMILES string of the molecule is CCOc1c(Br)cc(CNC(C)(C)C(N)=O)cc1Br. The lowest BCUT2D eigenvalue weighted by Gasteiger charge is -2.22. The minimum Gasteiger partial charge on any atom is -0.492 e. The van der Waals surface area contributed by atoms with Crippen molar-refractivity contribution >= 4 is 37.8 Å². The Morgan fingerprint density at radius 2 is 1.89 bits per heavy atom. The number of nitrogens with one attached hydrogen (secondary N) is 1. The minimum atomic E-state index is -0.739. The van der Waals surface area contributed by atoms with Gasteiger partial charge < -0.3 is 10.5 Å². The van der Waals surface area contributed by atoms with Crippen molar-refractivity contribution in [1.82, 2.24) is 5.32 Å². The number of ether oxygens (including phenoxy) is 1. The summed E-state index contributed by atoms with van der Waals surface area (Å²) in [5.74, 6) is 0.400. The Morgan fingerprint density at radius 1 is 1.37 bits per heavy atom. The van der Waals surface area contributed by atoms with E-state index in [1.807, 2.05) is 19.1 Å². The highest BCUT2D eigenvalue weighted by atomic mass is 79.9. The molecule has 0 unspecified atom stereocenters. The molecule has 106 valence electrons. The van der Waals surface area contributed by atoms with Crippen molar-refractivity contribution in [2.75, 3.05) is 6.61 Å². The second-order valence-electron chi connectivity index (χ2n) is 4.66. The first-order valence-electron chi connectivity index (χ1n) is 5.93. The number of hydrogen-bond donors (Lipinski definition) is 2. The van der Waals surface area contributed by atoms with Gasteiger partial charge in [0, 0.05) is 6.54 Å². The standard InChI is InChI=1S/C13H18Br2N2O2/c1-4-19-11-9(14)5-8(6-10(11)15)7-17-13(2,3)12(16)18/h5-6,17H,4,7H2,1-3H3,(H2,16,18). The Hall–Kier alpha value is -0.590. The molecule has 0 aliphatic carbocycles. The van der Waals surface area contributed by atoms with Crippen molar-refractivity contribution in [1.29, 1.82) is 0 Å². The maximum atomic E-state index is 11.2. The highest BCUT2D eigenvalue weighted by molar-refractivity contribution is 9.11. The van der Waals surface area contributed by atoms with E-state index in [1.165, 1.54) is 0 Å². The molecule has 0 bridgehead atoms. The number of halogens is 2. The fourth-order valence-corrected chi connectivity index (χ4v) is 2.92. The number of amides is 1. The Bertz CT molecular complexity index is 453. The molecule has 0 spiro atoms. The molecular weight excluding hydrogens is 376 g/mol. The van der Waals surface area contributed by atoms with Crippen LogP contribution in [0.1, 0.15) is 26.3 Å². The van der Waals surface area contributed by atoms with Crippen molar-refractivity contribution in [3.05, 3.63) is 26.6 Å². The van der Waals surface area contributed by atoms with Crippen LogP contribution in [0.5, 0.6) is 5.75 Å². The number of primary amides is 1. The summed E-state index contributed by atoms with van der Waals surface area (Å²) >= 11 is 6.95. The van der Waals surface area contributed by atoms with E-state index in [2.05, 4.69) is 37.2 Å². The monoisotopic (exact) mass is 392 g/mol. The van der Waals surface area contributed by atoms with E-state index < -0.39 is 5.54 Å². The molecule has 0 saturated carbocycles. The van der Waals surface area contributed by atoms with E-state index in [1.54, 1.807) is 13.8 Å². The number of hydrogen-bond acceptors (Lipinski definition) is 3. The molecule has 4 nitrogen and oxygen atoms in total. The van der Waals surface area contributed by atoms with Crippen molar-refractivity contribution in [2.45, 2.75) is 32.9 Å². The van der Waals surface area contributed by atoms with Gasteiger partial charge in [0.25, 0.3) is 0 Å². The van der Waals surface area contributed by atoms with Gasteiger partial charge in [-0.15, -0.1) is 0 Å². The largest absolute Gasteiger partial charge is 0.492 e. The van der Waals surface area contributed by atoms with Crippen LogP contribution in [-0.4, -0.2) is 18.1 Å². The van der Waals surface area contributed by atoms with Gasteiger partial charge in [0.2, 0.25) is 5.91 Å². The van der Waals surface area contributed by atoms with Crippen LogP contribution in [0.2, 0.25) is 0 Å². The van der Waals surface area contributed by atoms with Crippen LogP contribution in [0.15, 0.2) is 21.1 Å². The van der Waals surface area contributed by atoms with Crippen LogP contribution in [0.25, 0.3) is 0 Å². The summed E-state index contributed by atoms with van der Waals surface area (Å²) in [7, 11) is 0. The Kier molecular flexibility index (Phi) is 5.82. The molecule has 0 fully saturated rings. The molecule has 0 aliphatic rings. The van der Waals surface area contributed by atoms with Crippen LogP contribution in [-0.2, 0) is 11.3 Å². The van der Waals surface area contributed by atoms with Crippen LogP contribution in [0, 0.1) is 0 Å². The van der Waals surface area contributed by atoms with Gasteiger partial charge in [-0.05, 0) is 70.3 Å². The van der Waals surface area contributed by atoms with E-state index in [9.17, 15) is 4.79 Å². The fraction of sp³-hybridized carbons (Fsp3) is 0.462. The second kappa shape index (κ2) is 6.72. The number of carbonyl (C=O) groups is 1. The molecule has 1 aromatic rings. The van der Waals surface area contributed by atoms with Crippen molar-refractivity contribution in [3.63, 3.8) is 0 Å². The molecule has 19 heavy (non-hydrogen) atoms. The zero-order valence-electron chi connectivity index (χ0n) is 11.2. The molecular formula is C13H18Br2N2O2. The lowest BCUT2D eigenvalue weighted by Crippen LogP contribution is -2.50. The predicted molar refractivity (Wildman–Crippen MR) is 83.1 cm³/mol. The average Bonchev–Trinajstić information content (AvgIpc) is 2.31. The summed E-state index contributed by atoms with van der Waals surface area (Å²) in [6.45, 7) is 6.59. The quantitative estimate of drug-likeness (QED) is 0.780. The maximum absolute atomic E-state index is 11.2. The topological polar surface area (TPSA) is 64.3 Å². The first-order valence-corrected chi connectivity index (χ1v) is 7.52. The fourth-order valence-electron chi connectivity index (χ4n) is 1.41. The van der Waals surface area contributed by atoms with Gasteiger partial charge >= 0.3 is 0 Å². The number of nitrogens with two attached hydrogens (primary N) is 1. The smallest absolute Gasteiger partial charge is 0.237 e. The predicted octanol–water partition coefficient (Wildman–Crippen LogP) is 2.96. The molecule has 1 amide bonds. The van der Waals surface area contributed by atoms with E-state index in [-0.39, 0.29) is 5.91 Å². The van der Waals surface area contributed by atoms with Gasteiger partial charge in [-0.1, -0.05) is 0 Å². The molecule has 1 aromatic carbocycles. The van der Waals surface area contributed by atoms with Crippen molar-refractivity contribution in [3.8, 4) is 5.75 Å². The maximum Gasteiger partial charge on any atom is 0.237 e. The Morgan fingerprint density at radius 3 is 2.32 bits per heavy atom. The first-order chi connectivity index (χ1) is 8.77. The summed E-state index contributed by atoms with van der Waals surface area (Å²) in [6, 6.07) is 3.92. The Labute approximate surface area is 130 Å². The van der Waals surface area contributed by atoms with Crippen LogP contribution >= 0.6 is 31.9 Å². The van der Waals surface area contributed by atoms with Crippen LogP contribution < -0.4 is 15.8 Å². The summed E-state index contributed by atoms with van der Waals surface area (Å²) in [4.78, 5) is 11.2. The molecule has 0 radical (unpaired) electrons. The first kappa shape index (κ1) is 16.5. The summed E-state index contributed by atoms with van der Waals surface area (Å²) in [5.41, 5.74) is 5.60. The lowest BCUT2D eigenvalue weighted by molar-refractivity contribution is -0.123. The summed E-state index contributed by atoms with van der Waals surface area (Å²) in [6.07, 6.45) is 0. The Balaban J connectivity index is 2.84. The highest BCUT2D eigenvalue weighted by Crippen LogP contribution is 2.34. The lowest BCUT2D eigenvalue weighted by atomic mass is 10.0. The number of carbonyl (C=O) groups excluding carboxylic acids is 1. The molecule has 1 rings (SSSR count). The van der Waals surface area contributed by atoms with Crippen molar-refractivity contribution < 1.29 is 9.53 Å². The zero-order valence-corrected chi connectivity index (χ0v) is 14.4. The number of rotatable bonds is 6. The third kappa shape index (κ3) is 4.47. The third-order valence-electron chi connectivity index (χ3n) is 2.70. The highest BCUT2D eigenvalue weighted by Gasteiger charge is 2.23. The minimum absolute atomic E-state index is 0.378. The second-order valence-corrected chi connectivity index (χ2v) is 6.37. The molecule has 0 atom stereocenters. The van der Waals surface area contributed by atoms with E-state index >= 15 is 0 Å². The molecule has 0 aliphatic heterocycles. The molecule has 0 saturated heterocycles. The summed E-state index contributed by atoms with van der Waals surface area (Å²) < 4.78 is 7.26. The van der Waals surface area contributed by atoms with Gasteiger partial charge in [0.15, 0.2) is 0 Å². The molecule has 0 aromatic heterocycles. The van der Waals surface area contributed by atoms with Gasteiger partial charge in [0.1, 0.15) is 5.75 Å². The van der Waals surface area contributed by atoms with Crippen LogP contribution in [0.3, 0.4) is 0 Å². The van der Waals surface area contributed by atoms with E-state index in [0.29, 0.717) is 13.2 Å². The van der Waals surface area contributed by atoms with Crippen LogP contribution in [0.4, 0.5) is 0 Å². The van der Waals surface area contributed by atoms with Gasteiger partial charge in [-0.2, -0.15) is 0 Å². The summed E-state index contributed by atoms with van der Waals surface area (Å²) in [5, 5.41) is 3.12. The molecule has 0 heterocycles. The molecule has 6 heteroatoms. The number of benzene rings is 1. The average molecular weight is 394 g/mol. The van der Waals surface area contributed by atoms with Gasteiger partial charge in [0.05, 0.1) is 21.1 Å². The molecule has 3 N–H and O–H groups in total. The van der Waals surface area contributed by atoms with E-state index in [4.69, 9.17) is 10.5 Å². The van der Waals surface area contributed by atoms with Gasteiger partial charge in [-0.25, -0.2) is 0 Å². The third-order valence-corrected chi connectivity index (χ3v) is 3.88.